The second-order valence-corrected chi connectivity index (χ2v) is 7.02. The van der Waals surface area contributed by atoms with Crippen LogP contribution in [0.2, 0.25) is 0 Å². The molecule has 0 unspecified atom stereocenters. The Morgan fingerprint density at radius 3 is 2.58 bits per heavy atom. The number of thioether (sulfide) groups is 1. The molecule has 1 amide bonds. The van der Waals surface area contributed by atoms with Crippen molar-refractivity contribution in [3.8, 4) is 11.3 Å². The predicted molar refractivity (Wildman–Crippen MR) is 99.6 cm³/mol. The van der Waals surface area contributed by atoms with E-state index in [4.69, 9.17) is 4.42 Å². The molecule has 1 fully saturated rings. The van der Waals surface area contributed by atoms with E-state index in [2.05, 4.69) is 9.89 Å². The van der Waals surface area contributed by atoms with Gasteiger partial charge in [0.2, 0.25) is 0 Å². The Labute approximate surface area is 153 Å². The number of hydrogen-bond donors (Lipinski definition) is 0. The number of amidine groups is 1. The third kappa shape index (κ3) is 3.28. The van der Waals surface area contributed by atoms with Crippen LogP contribution in [0, 0.1) is 10.1 Å². The van der Waals surface area contributed by atoms with Gasteiger partial charge in [-0.2, -0.15) is 4.99 Å². The maximum Gasteiger partial charge on any atom is 0.286 e. The summed E-state index contributed by atoms with van der Waals surface area (Å²) in [7, 11) is 0. The molecule has 2 aliphatic heterocycles. The minimum absolute atomic E-state index is 0.0298. The number of aliphatic imine (C=N–C) groups is 1. The van der Waals surface area contributed by atoms with Gasteiger partial charge >= 0.3 is 0 Å². The largest absolute Gasteiger partial charge is 0.457 e. The molecule has 0 radical (unpaired) electrons. The quantitative estimate of drug-likeness (QED) is 0.463. The number of nitrogens with zero attached hydrogens (tertiary/aromatic N) is 3. The molecule has 2 aliphatic rings. The molecule has 0 saturated carbocycles. The zero-order valence-electron chi connectivity index (χ0n) is 13.8. The highest BCUT2D eigenvalue weighted by atomic mass is 32.2. The zero-order valence-corrected chi connectivity index (χ0v) is 14.6. The first-order valence-electron chi connectivity index (χ1n) is 8.22. The number of non-ortho nitro benzene ring substituents is 1. The molecular weight excluding hydrogens is 354 g/mol. The van der Waals surface area contributed by atoms with Crippen LogP contribution in [0.5, 0.6) is 0 Å². The molecule has 1 aromatic heterocycles. The summed E-state index contributed by atoms with van der Waals surface area (Å²) >= 11 is 1.37. The summed E-state index contributed by atoms with van der Waals surface area (Å²) in [5.41, 5.74) is 0.766. The predicted octanol–water partition coefficient (Wildman–Crippen LogP) is 3.92. The molecular formula is C18H15N3O4S. The van der Waals surface area contributed by atoms with Gasteiger partial charge in [0, 0.05) is 36.9 Å². The van der Waals surface area contributed by atoms with Crippen molar-refractivity contribution in [1.29, 1.82) is 0 Å². The molecule has 3 heterocycles. The van der Waals surface area contributed by atoms with E-state index in [0.717, 1.165) is 36.7 Å². The summed E-state index contributed by atoms with van der Waals surface area (Å²) in [6.45, 7) is 1.88. The molecule has 8 heteroatoms. The van der Waals surface area contributed by atoms with Crippen LogP contribution in [-0.4, -0.2) is 34.0 Å². The Hall–Kier alpha value is -2.87. The van der Waals surface area contributed by atoms with Crippen LogP contribution >= 0.6 is 11.8 Å². The van der Waals surface area contributed by atoms with Crippen LogP contribution < -0.4 is 0 Å². The lowest BCUT2D eigenvalue weighted by atomic mass is 10.1. The number of likely N-dealkylation sites (tertiary alicyclic amines) is 1. The maximum atomic E-state index is 12.1. The van der Waals surface area contributed by atoms with Crippen LogP contribution in [0.15, 0.2) is 50.7 Å². The van der Waals surface area contributed by atoms with E-state index in [-0.39, 0.29) is 11.6 Å². The Morgan fingerprint density at radius 1 is 1.15 bits per heavy atom. The molecule has 0 aliphatic carbocycles. The number of carbonyl (C=O) groups is 1. The lowest BCUT2D eigenvalue weighted by Gasteiger charge is -2.14. The monoisotopic (exact) mass is 369 g/mol. The van der Waals surface area contributed by atoms with E-state index in [9.17, 15) is 14.9 Å². The second-order valence-electron chi connectivity index (χ2n) is 6.01. The fourth-order valence-electron chi connectivity index (χ4n) is 2.90. The van der Waals surface area contributed by atoms with E-state index in [1.165, 1.54) is 23.9 Å². The van der Waals surface area contributed by atoms with Crippen molar-refractivity contribution < 1.29 is 14.1 Å². The first kappa shape index (κ1) is 16.6. The lowest BCUT2D eigenvalue weighted by Crippen LogP contribution is -2.23. The van der Waals surface area contributed by atoms with E-state index in [1.54, 1.807) is 30.3 Å². The summed E-state index contributed by atoms with van der Waals surface area (Å²) in [6, 6.07) is 9.69. The number of rotatable bonds is 3. The van der Waals surface area contributed by atoms with Crippen molar-refractivity contribution in [3.63, 3.8) is 0 Å². The molecule has 1 aromatic carbocycles. The third-order valence-electron chi connectivity index (χ3n) is 4.25. The van der Waals surface area contributed by atoms with Gasteiger partial charge in [0.05, 0.1) is 9.83 Å². The first-order chi connectivity index (χ1) is 12.6. The molecule has 1 saturated heterocycles. The van der Waals surface area contributed by atoms with Gasteiger partial charge in [0.25, 0.3) is 11.6 Å². The minimum atomic E-state index is -0.442. The third-order valence-corrected chi connectivity index (χ3v) is 5.29. The highest BCUT2D eigenvalue weighted by Crippen LogP contribution is 2.33. The molecule has 2 aromatic rings. The summed E-state index contributed by atoms with van der Waals surface area (Å²) in [4.78, 5) is 29.2. The number of furan rings is 1. The number of carbonyl (C=O) groups excluding carboxylic acids is 1. The fourth-order valence-corrected chi connectivity index (χ4v) is 3.85. The molecule has 7 nitrogen and oxygen atoms in total. The van der Waals surface area contributed by atoms with E-state index in [0.29, 0.717) is 16.4 Å². The van der Waals surface area contributed by atoms with Gasteiger partial charge in [-0.1, -0.05) is 0 Å². The summed E-state index contributed by atoms with van der Waals surface area (Å²) in [5.74, 6) is 0.889. The number of nitro benzene ring substituents is 1. The average molecular weight is 369 g/mol. The number of hydrogen-bond acceptors (Lipinski definition) is 6. The molecule has 0 spiro atoms. The van der Waals surface area contributed by atoms with Crippen molar-refractivity contribution in [2.24, 2.45) is 4.99 Å². The van der Waals surface area contributed by atoms with Crippen LogP contribution in [0.1, 0.15) is 18.6 Å². The van der Waals surface area contributed by atoms with E-state index in [1.807, 2.05) is 0 Å². The first-order valence-corrected chi connectivity index (χ1v) is 9.04. The van der Waals surface area contributed by atoms with Gasteiger partial charge in [-0.05, 0) is 48.9 Å². The molecule has 4 rings (SSSR count). The number of amides is 1. The van der Waals surface area contributed by atoms with Crippen LogP contribution in [-0.2, 0) is 4.79 Å². The Kier molecular flexibility index (Phi) is 4.34. The van der Waals surface area contributed by atoms with Crippen molar-refractivity contribution in [3.05, 3.63) is 57.2 Å². The average Bonchev–Trinajstić information content (AvgIpc) is 3.37. The van der Waals surface area contributed by atoms with Crippen molar-refractivity contribution in [2.45, 2.75) is 12.8 Å². The molecule has 0 atom stereocenters. The SMILES string of the molecule is O=C1N=C(N2CCCC2)SC1=Cc1ccc(-c2ccc([N+](=O)[O-])cc2)o1. The Balaban J connectivity index is 1.50. The molecule has 0 N–H and O–H groups in total. The zero-order chi connectivity index (χ0) is 18.1. The van der Waals surface area contributed by atoms with Gasteiger partial charge in [0.1, 0.15) is 11.5 Å². The molecule has 26 heavy (non-hydrogen) atoms. The number of nitro groups is 1. The van der Waals surface area contributed by atoms with Gasteiger partial charge in [0.15, 0.2) is 5.17 Å². The highest BCUT2D eigenvalue weighted by molar-refractivity contribution is 8.18. The maximum absolute atomic E-state index is 12.1. The lowest BCUT2D eigenvalue weighted by molar-refractivity contribution is -0.384. The Bertz CT molecular complexity index is 924. The Morgan fingerprint density at radius 2 is 1.88 bits per heavy atom. The van der Waals surface area contributed by atoms with Crippen molar-refractivity contribution in [2.75, 3.05) is 13.1 Å². The molecule has 0 bridgehead atoms. The van der Waals surface area contributed by atoms with Gasteiger partial charge < -0.3 is 9.32 Å². The minimum Gasteiger partial charge on any atom is -0.457 e. The van der Waals surface area contributed by atoms with Crippen LogP contribution in [0.3, 0.4) is 0 Å². The number of benzene rings is 1. The summed E-state index contributed by atoms with van der Waals surface area (Å²) in [6.07, 6.45) is 3.95. The van der Waals surface area contributed by atoms with E-state index < -0.39 is 4.92 Å². The smallest absolute Gasteiger partial charge is 0.286 e. The fraction of sp³-hybridized carbons (Fsp3) is 0.222. The topological polar surface area (TPSA) is 89.0 Å². The van der Waals surface area contributed by atoms with E-state index >= 15 is 0 Å². The summed E-state index contributed by atoms with van der Waals surface area (Å²) < 4.78 is 5.76. The highest BCUT2D eigenvalue weighted by Gasteiger charge is 2.27. The van der Waals surface area contributed by atoms with Crippen LogP contribution in [0.25, 0.3) is 17.4 Å². The van der Waals surface area contributed by atoms with Crippen molar-refractivity contribution >= 4 is 34.6 Å². The second kappa shape index (κ2) is 6.80. The summed E-state index contributed by atoms with van der Waals surface area (Å²) in [5, 5.41) is 11.5. The van der Waals surface area contributed by atoms with Crippen LogP contribution in [0.4, 0.5) is 5.69 Å². The standard InChI is InChI=1S/C18H15N3O4S/c22-17-16(26-18(19-17)20-9-1-2-10-20)11-14-7-8-15(25-14)12-3-5-13(6-4-12)21(23)24/h3-8,11H,1-2,9-10H2. The van der Waals surface area contributed by atoms with Gasteiger partial charge in [-0.15, -0.1) is 0 Å². The van der Waals surface area contributed by atoms with Gasteiger partial charge in [-0.3, -0.25) is 14.9 Å². The molecule has 132 valence electrons. The van der Waals surface area contributed by atoms with Crippen molar-refractivity contribution in [1.82, 2.24) is 4.90 Å². The normalized spacial score (nSPS) is 18.6. The van der Waals surface area contributed by atoms with Gasteiger partial charge in [-0.25, -0.2) is 0 Å².